The molecule has 2 amide bonds. The van der Waals surface area contributed by atoms with Crippen molar-refractivity contribution in [1.29, 1.82) is 0 Å². The third kappa shape index (κ3) is 2.13. The average Bonchev–Trinajstić information content (AvgIpc) is 3.50. The summed E-state index contributed by atoms with van der Waals surface area (Å²) in [6.45, 7) is 0.915. The van der Waals surface area contributed by atoms with Crippen LogP contribution in [0, 0.1) is 0 Å². The van der Waals surface area contributed by atoms with Gasteiger partial charge in [0.15, 0.2) is 0 Å². The molecule has 0 bridgehead atoms. The summed E-state index contributed by atoms with van der Waals surface area (Å²) in [6.07, 6.45) is 17.3. The fraction of sp³-hybridized carbons (Fsp3) is 0.179. The second kappa shape index (κ2) is 6.23. The molecular weight excluding hydrogens is 424 g/mol. The number of nitrogens with one attached hydrogen (secondary N) is 2. The molecule has 0 radical (unpaired) electrons. The van der Waals surface area contributed by atoms with Crippen LogP contribution in [-0.2, 0) is 13.0 Å². The Kier molecular flexibility index (Phi) is 3.35. The molecule has 3 aliphatic heterocycles. The van der Waals surface area contributed by atoms with E-state index < -0.39 is 0 Å². The molecule has 0 spiro atoms. The lowest BCUT2D eigenvalue weighted by Crippen LogP contribution is -2.28. The van der Waals surface area contributed by atoms with E-state index in [0.717, 1.165) is 64.3 Å². The molecule has 34 heavy (non-hydrogen) atoms. The summed E-state index contributed by atoms with van der Waals surface area (Å²) in [7, 11) is 0. The van der Waals surface area contributed by atoms with Gasteiger partial charge in [0.25, 0.3) is 11.8 Å². The lowest BCUT2D eigenvalue weighted by Gasteiger charge is -2.19. The smallest absolute Gasteiger partial charge is 0.259 e. The maximum Gasteiger partial charge on any atom is 0.259 e. The summed E-state index contributed by atoms with van der Waals surface area (Å²) >= 11 is 0. The van der Waals surface area contributed by atoms with Crippen molar-refractivity contribution in [2.45, 2.75) is 31.8 Å². The highest BCUT2D eigenvalue weighted by Crippen LogP contribution is 2.39. The van der Waals surface area contributed by atoms with Crippen LogP contribution in [0.15, 0.2) is 54.9 Å². The molecule has 6 heteroatoms. The number of aromatic nitrogens is 2. The van der Waals surface area contributed by atoms with E-state index in [2.05, 4.69) is 50.6 Å². The zero-order valence-electron chi connectivity index (χ0n) is 18.3. The third-order valence-electron chi connectivity index (χ3n) is 7.76. The highest BCUT2D eigenvalue weighted by molar-refractivity contribution is 6.29. The van der Waals surface area contributed by atoms with Crippen LogP contribution in [0.1, 0.15) is 44.7 Å². The van der Waals surface area contributed by atoms with Gasteiger partial charge in [0.1, 0.15) is 0 Å². The minimum absolute atomic E-state index is 0.0710. The predicted octanol–water partition coefficient (Wildman–Crippen LogP) is 2.57. The Morgan fingerprint density at radius 1 is 1.09 bits per heavy atom. The minimum Gasteiger partial charge on any atom is -0.372 e. The first-order valence-electron chi connectivity index (χ1n) is 11.8. The number of amides is 2. The van der Waals surface area contributed by atoms with E-state index in [1.165, 1.54) is 16.5 Å². The van der Waals surface area contributed by atoms with E-state index in [1.807, 2.05) is 18.3 Å². The zero-order valence-corrected chi connectivity index (χ0v) is 18.3. The van der Waals surface area contributed by atoms with Gasteiger partial charge in [-0.3, -0.25) is 19.9 Å². The summed E-state index contributed by atoms with van der Waals surface area (Å²) in [4.78, 5) is 30.5. The van der Waals surface area contributed by atoms with Crippen LogP contribution in [0.3, 0.4) is 0 Å². The van der Waals surface area contributed by atoms with E-state index in [9.17, 15) is 9.59 Å². The summed E-state index contributed by atoms with van der Waals surface area (Å²) in [5.41, 5.74) is 8.81. The van der Waals surface area contributed by atoms with Crippen LogP contribution >= 0.6 is 0 Å². The van der Waals surface area contributed by atoms with Gasteiger partial charge in [0.05, 0.1) is 28.4 Å². The number of nitrogens with zero attached hydrogens (tertiary/aromatic N) is 2. The second-order valence-corrected chi connectivity index (χ2v) is 9.50. The van der Waals surface area contributed by atoms with Crippen LogP contribution in [0.5, 0.6) is 0 Å². The number of rotatable bonds is 1. The average molecular weight is 444 g/mol. The molecule has 6 nitrogen and oxygen atoms in total. The number of imide groups is 1. The zero-order chi connectivity index (χ0) is 22.6. The van der Waals surface area contributed by atoms with Crippen molar-refractivity contribution in [2.24, 2.45) is 0 Å². The van der Waals surface area contributed by atoms with E-state index >= 15 is 0 Å². The second-order valence-electron chi connectivity index (χ2n) is 9.50. The molecule has 0 saturated heterocycles. The van der Waals surface area contributed by atoms with Gasteiger partial charge in [-0.05, 0) is 59.3 Å². The number of fused-ring (bicyclic) bond motifs is 9. The van der Waals surface area contributed by atoms with Gasteiger partial charge in [0.2, 0.25) is 0 Å². The number of pyridine rings is 1. The van der Waals surface area contributed by atoms with Gasteiger partial charge in [-0.25, -0.2) is 0 Å². The van der Waals surface area contributed by atoms with Crippen LogP contribution < -0.4 is 21.2 Å². The number of carbonyl (C=O) groups is 2. The summed E-state index contributed by atoms with van der Waals surface area (Å²) < 4.78 is 2.39. The topological polar surface area (TPSA) is 76.0 Å². The van der Waals surface area contributed by atoms with Crippen molar-refractivity contribution >= 4 is 45.1 Å². The Hall–Kier alpha value is -4.19. The summed E-state index contributed by atoms with van der Waals surface area (Å²) in [5.74, 6) is -0.575. The summed E-state index contributed by atoms with van der Waals surface area (Å²) in [5, 5.41) is 9.40. The van der Waals surface area contributed by atoms with Gasteiger partial charge in [-0.15, -0.1) is 0 Å². The molecule has 2 aliphatic carbocycles. The van der Waals surface area contributed by atoms with E-state index in [4.69, 9.17) is 0 Å². The molecule has 1 unspecified atom stereocenters. The Morgan fingerprint density at radius 3 is 2.88 bits per heavy atom. The number of hydrogen-bond donors (Lipinski definition) is 2. The highest BCUT2D eigenvalue weighted by atomic mass is 16.2. The molecule has 0 saturated carbocycles. The van der Waals surface area contributed by atoms with Crippen molar-refractivity contribution in [3.63, 3.8) is 0 Å². The van der Waals surface area contributed by atoms with Gasteiger partial charge in [0, 0.05) is 34.9 Å². The number of anilines is 1. The van der Waals surface area contributed by atoms with Crippen LogP contribution in [0.4, 0.5) is 5.69 Å². The molecule has 164 valence electrons. The van der Waals surface area contributed by atoms with Gasteiger partial charge >= 0.3 is 0 Å². The maximum atomic E-state index is 13.1. The normalized spacial score (nSPS) is 21.2. The Balaban J connectivity index is 1.49. The molecule has 2 aromatic heterocycles. The number of benzene rings is 1. The van der Waals surface area contributed by atoms with Crippen LogP contribution in [0.2, 0.25) is 0 Å². The molecular formula is C28H20N4O2. The van der Waals surface area contributed by atoms with Crippen LogP contribution in [0.25, 0.3) is 27.6 Å². The standard InChI is InChI=1S/C28H20N4O2/c33-27-22-20-17-9-8-15(16-5-2-10-29-13-16)12-19(17)30-24(20)26-21(23(22)28(34)31-27)18-7-1-4-14-6-3-11-32(26)25(14)18/h1-2,4-5,8-10,12-13,19,30H,3,6-7,11H2,(H,31,33,34). The molecule has 1 atom stereocenters. The van der Waals surface area contributed by atoms with E-state index in [1.54, 1.807) is 6.20 Å². The minimum atomic E-state index is -0.296. The van der Waals surface area contributed by atoms with Crippen molar-refractivity contribution < 1.29 is 9.59 Å². The molecule has 8 rings (SSSR count). The fourth-order valence-corrected chi connectivity index (χ4v) is 6.47. The monoisotopic (exact) mass is 444 g/mol. The summed E-state index contributed by atoms with van der Waals surface area (Å²) in [6, 6.07) is 3.91. The SMILES string of the molecule is O=C1NC(=O)c2c1c1c(c3c2c2c4n3CCCC=4C=CC2)NC2C=C(c3cccnc3)C=CC=12. The lowest BCUT2D eigenvalue weighted by molar-refractivity contribution is 0.0880. The fourth-order valence-electron chi connectivity index (χ4n) is 6.47. The number of hydrogen-bond acceptors (Lipinski definition) is 4. The first-order chi connectivity index (χ1) is 16.7. The predicted molar refractivity (Wildman–Crippen MR) is 131 cm³/mol. The maximum absolute atomic E-state index is 13.1. The van der Waals surface area contributed by atoms with Gasteiger partial charge in [-0.2, -0.15) is 0 Å². The van der Waals surface area contributed by atoms with Crippen LogP contribution in [-0.4, -0.2) is 27.4 Å². The molecule has 0 fully saturated rings. The first-order valence-corrected chi connectivity index (χ1v) is 11.8. The molecule has 5 heterocycles. The van der Waals surface area contributed by atoms with Gasteiger partial charge in [-0.1, -0.05) is 30.4 Å². The number of aryl methyl sites for hydroxylation is 1. The number of carbonyl (C=O) groups excluding carboxylic acids is 2. The highest BCUT2D eigenvalue weighted by Gasteiger charge is 2.39. The van der Waals surface area contributed by atoms with Gasteiger partial charge < -0.3 is 9.88 Å². The molecule has 1 aromatic carbocycles. The van der Waals surface area contributed by atoms with E-state index in [0.29, 0.717) is 11.1 Å². The van der Waals surface area contributed by atoms with E-state index in [-0.39, 0.29) is 17.9 Å². The van der Waals surface area contributed by atoms with Crippen molar-refractivity contribution in [3.8, 4) is 0 Å². The third-order valence-corrected chi connectivity index (χ3v) is 7.76. The Labute approximate surface area is 194 Å². The Morgan fingerprint density at radius 2 is 2.00 bits per heavy atom. The quantitative estimate of drug-likeness (QED) is 0.566. The molecule has 2 N–H and O–H groups in total. The Bertz CT molecular complexity index is 1730. The first kappa shape index (κ1) is 18.3. The molecule has 3 aromatic rings. The van der Waals surface area contributed by atoms with Crippen molar-refractivity contribution in [3.05, 3.63) is 87.7 Å². The largest absolute Gasteiger partial charge is 0.372 e. The van der Waals surface area contributed by atoms with Crippen molar-refractivity contribution in [2.75, 3.05) is 5.32 Å². The molecule has 5 aliphatic rings. The number of allylic oxidation sites excluding steroid dienone is 4. The lowest BCUT2D eigenvalue weighted by atomic mass is 9.91. The van der Waals surface area contributed by atoms with Crippen molar-refractivity contribution in [1.82, 2.24) is 14.9 Å².